The van der Waals surface area contributed by atoms with Gasteiger partial charge in [0.15, 0.2) is 5.69 Å². The lowest BCUT2D eigenvalue weighted by Crippen LogP contribution is -2.13. The van der Waals surface area contributed by atoms with Crippen molar-refractivity contribution in [1.29, 1.82) is 0 Å². The van der Waals surface area contributed by atoms with Gasteiger partial charge in [0.25, 0.3) is 0 Å². The van der Waals surface area contributed by atoms with Crippen molar-refractivity contribution in [1.82, 2.24) is 19.4 Å². The van der Waals surface area contributed by atoms with E-state index in [-0.39, 0.29) is 16.9 Å². The second-order valence-corrected chi connectivity index (χ2v) is 7.92. The number of rotatable bonds is 5. The van der Waals surface area contributed by atoms with Gasteiger partial charge in [0.1, 0.15) is 22.3 Å². The second kappa shape index (κ2) is 8.48. The van der Waals surface area contributed by atoms with Crippen molar-refractivity contribution in [2.45, 2.75) is 40.2 Å². The Morgan fingerprint density at radius 1 is 1.28 bits per heavy atom. The molecule has 32 heavy (non-hydrogen) atoms. The van der Waals surface area contributed by atoms with Crippen molar-refractivity contribution in [3.8, 4) is 11.8 Å². The Morgan fingerprint density at radius 2 is 2.06 bits per heavy atom. The maximum atomic E-state index is 11.6. The number of aryl methyl sites for hydroxylation is 2. The van der Waals surface area contributed by atoms with Crippen molar-refractivity contribution >= 4 is 39.8 Å². The van der Waals surface area contributed by atoms with Crippen molar-refractivity contribution in [2.75, 3.05) is 5.32 Å². The number of hydrogen-bond acceptors (Lipinski definition) is 5. The van der Waals surface area contributed by atoms with Crippen LogP contribution in [0.3, 0.4) is 0 Å². The summed E-state index contributed by atoms with van der Waals surface area (Å²) in [5, 5.41) is 13.8. The van der Waals surface area contributed by atoms with Gasteiger partial charge >= 0.3 is 5.97 Å². The number of carboxylic acid groups (broad SMARTS) is 1. The van der Waals surface area contributed by atoms with E-state index in [9.17, 15) is 9.90 Å². The number of aromatic nitrogens is 4. The summed E-state index contributed by atoms with van der Waals surface area (Å²) in [5.41, 5.74) is 4.58. The van der Waals surface area contributed by atoms with E-state index in [0.29, 0.717) is 11.4 Å². The van der Waals surface area contributed by atoms with Crippen LogP contribution < -0.4 is 5.32 Å². The number of imidazole rings is 1. The molecule has 0 aliphatic rings. The Hall–Kier alpha value is -3.63. The van der Waals surface area contributed by atoms with Crippen LogP contribution in [0.25, 0.3) is 16.6 Å². The molecule has 0 aliphatic heterocycles. The van der Waals surface area contributed by atoms with Crippen LogP contribution in [-0.4, -0.2) is 30.4 Å². The minimum absolute atomic E-state index is 0.123. The molecule has 0 aliphatic carbocycles. The molecule has 2 N–H and O–H groups in total. The van der Waals surface area contributed by atoms with Crippen LogP contribution in [0.2, 0.25) is 5.15 Å². The Morgan fingerprint density at radius 3 is 2.75 bits per heavy atom. The number of carbonyl (C=O) groups is 1. The summed E-state index contributed by atoms with van der Waals surface area (Å²) >= 11 is 5.90. The molecule has 0 saturated carbocycles. The lowest BCUT2D eigenvalue weighted by Gasteiger charge is -2.20. The first-order valence-corrected chi connectivity index (χ1v) is 10.6. The molecule has 0 bridgehead atoms. The molecule has 4 rings (SSSR count). The van der Waals surface area contributed by atoms with E-state index in [2.05, 4.69) is 34.3 Å². The highest BCUT2D eigenvalue weighted by Gasteiger charge is 2.20. The number of nitrogens with one attached hydrogen (secondary N) is 1. The molecule has 0 spiro atoms. The average molecular weight is 448 g/mol. The molecule has 0 saturated heterocycles. The van der Waals surface area contributed by atoms with Gasteiger partial charge in [0, 0.05) is 23.6 Å². The summed E-state index contributed by atoms with van der Waals surface area (Å²) in [7, 11) is 0. The molecular formula is C24H22ClN5O2. The summed E-state index contributed by atoms with van der Waals surface area (Å²) in [4.78, 5) is 25.3. The molecule has 0 fully saturated rings. The first kappa shape index (κ1) is 21.6. The minimum atomic E-state index is -1.15. The lowest BCUT2D eigenvalue weighted by molar-refractivity contribution is 0.0691. The summed E-state index contributed by atoms with van der Waals surface area (Å²) in [5.74, 6) is 5.65. The number of pyridine rings is 1. The molecule has 1 aromatic carbocycles. The maximum absolute atomic E-state index is 11.6. The van der Waals surface area contributed by atoms with E-state index in [0.717, 1.165) is 39.9 Å². The zero-order valence-electron chi connectivity index (χ0n) is 18.2. The van der Waals surface area contributed by atoms with Crippen LogP contribution in [0.5, 0.6) is 0 Å². The Bertz CT molecular complexity index is 1430. The molecule has 0 amide bonds. The third-order valence-corrected chi connectivity index (χ3v) is 5.43. The zero-order valence-corrected chi connectivity index (χ0v) is 18.9. The van der Waals surface area contributed by atoms with Crippen LogP contribution in [-0.2, 0) is 6.42 Å². The Balaban J connectivity index is 1.90. The highest BCUT2D eigenvalue weighted by molar-refractivity contribution is 6.29. The van der Waals surface area contributed by atoms with Gasteiger partial charge in [-0.25, -0.2) is 19.7 Å². The van der Waals surface area contributed by atoms with Crippen molar-refractivity contribution in [2.24, 2.45) is 0 Å². The normalized spacial score (nSPS) is 11.9. The predicted molar refractivity (Wildman–Crippen MR) is 125 cm³/mol. The fraction of sp³-hybridized carbons (Fsp3) is 0.250. The standard InChI is InChI=1S/C24H22ClN5O2/c1-5-7-15-12-30-20(6-2)29-21-16(10-13(3)11-17(21)23(30)27-15)14(4)26-18-8-9-19(25)28-22(18)24(31)32/h8-12,14,26H,6H2,1-4H3,(H,31,32)/t14-/m1/s1. The van der Waals surface area contributed by atoms with Gasteiger partial charge in [-0.2, -0.15) is 0 Å². The number of halogens is 1. The number of nitrogens with zero attached hydrogens (tertiary/aromatic N) is 4. The Kier molecular flexibility index (Phi) is 5.72. The topological polar surface area (TPSA) is 92.4 Å². The first-order valence-electron chi connectivity index (χ1n) is 10.2. The molecule has 3 aromatic heterocycles. The third kappa shape index (κ3) is 3.85. The quantitative estimate of drug-likeness (QED) is 0.328. The fourth-order valence-corrected chi connectivity index (χ4v) is 3.99. The van der Waals surface area contributed by atoms with Gasteiger partial charge in [-0.3, -0.25) is 4.40 Å². The number of fused-ring (bicyclic) bond motifs is 3. The average Bonchev–Trinajstić information content (AvgIpc) is 3.18. The van der Waals surface area contributed by atoms with Gasteiger partial charge in [0.05, 0.1) is 17.2 Å². The van der Waals surface area contributed by atoms with Gasteiger partial charge in [0.2, 0.25) is 0 Å². The van der Waals surface area contributed by atoms with E-state index in [1.54, 1.807) is 19.1 Å². The first-order chi connectivity index (χ1) is 15.3. The third-order valence-electron chi connectivity index (χ3n) is 5.22. The van der Waals surface area contributed by atoms with Crippen molar-refractivity contribution < 1.29 is 9.90 Å². The molecule has 4 aromatic rings. The molecule has 8 heteroatoms. The molecule has 1 atom stereocenters. The van der Waals surface area contributed by atoms with Gasteiger partial charge in [-0.1, -0.05) is 30.5 Å². The van der Waals surface area contributed by atoms with E-state index in [1.165, 1.54) is 0 Å². The van der Waals surface area contributed by atoms with E-state index in [1.807, 2.05) is 31.4 Å². The van der Waals surface area contributed by atoms with E-state index >= 15 is 0 Å². The number of anilines is 1. The molecular weight excluding hydrogens is 426 g/mol. The van der Waals surface area contributed by atoms with Crippen LogP contribution >= 0.6 is 11.6 Å². The maximum Gasteiger partial charge on any atom is 0.356 e. The van der Waals surface area contributed by atoms with Crippen LogP contribution in [0, 0.1) is 18.8 Å². The monoisotopic (exact) mass is 447 g/mol. The van der Waals surface area contributed by atoms with Crippen molar-refractivity contribution in [3.63, 3.8) is 0 Å². The molecule has 3 heterocycles. The van der Waals surface area contributed by atoms with Crippen LogP contribution in [0.1, 0.15) is 59.9 Å². The summed E-state index contributed by atoms with van der Waals surface area (Å²) in [6, 6.07) is 7.07. The number of carboxylic acids is 1. The van der Waals surface area contributed by atoms with Crippen LogP contribution in [0.4, 0.5) is 5.69 Å². The van der Waals surface area contributed by atoms with Gasteiger partial charge < -0.3 is 10.4 Å². The summed E-state index contributed by atoms with van der Waals surface area (Å²) < 4.78 is 2.00. The predicted octanol–water partition coefficient (Wildman–Crippen LogP) is 5.04. The highest BCUT2D eigenvalue weighted by Crippen LogP contribution is 2.31. The minimum Gasteiger partial charge on any atom is -0.476 e. The van der Waals surface area contributed by atoms with Crippen molar-refractivity contribution in [3.05, 3.63) is 64.0 Å². The fourth-order valence-electron chi connectivity index (χ4n) is 3.85. The lowest BCUT2D eigenvalue weighted by atomic mass is 10.0. The SMILES string of the molecule is CC#Cc1cn2c(CC)nc3c([C@@H](C)Nc4ccc(Cl)nc4C(=O)O)cc(C)cc3c2n1. The number of hydrogen-bond donors (Lipinski definition) is 2. The van der Waals surface area contributed by atoms with Gasteiger partial charge in [-0.05, 0) is 50.5 Å². The molecule has 7 nitrogen and oxygen atoms in total. The van der Waals surface area contributed by atoms with Gasteiger partial charge in [-0.15, -0.1) is 0 Å². The van der Waals surface area contributed by atoms with E-state index in [4.69, 9.17) is 21.6 Å². The molecule has 162 valence electrons. The smallest absolute Gasteiger partial charge is 0.356 e. The Labute approximate surface area is 190 Å². The highest BCUT2D eigenvalue weighted by atomic mass is 35.5. The summed E-state index contributed by atoms with van der Waals surface area (Å²) in [6.45, 7) is 7.81. The number of benzene rings is 1. The summed E-state index contributed by atoms with van der Waals surface area (Å²) in [6.07, 6.45) is 2.64. The molecule has 0 unspecified atom stereocenters. The molecule has 0 radical (unpaired) electrons. The second-order valence-electron chi connectivity index (χ2n) is 7.53. The van der Waals surface area contributed by atoms with Crippen LogP contribution in [0.15, 0.2) is 30.5 Å². The zero-order chi connectivity index (χ0) is 23.0. The largest absolute Gasteiger partial charge is 0.476 e. The van der Waals surface area contributed by atoms with E-state index < -0.39 is 5.97 Å². The number of aromatic carboxylic acids is 1.